The molecule has 2 amide bonds. The van der Waals surface area contributed by atoms with Crippen molar-refractivity contribution in [1.82, 2.24) is 10.2 Å². The van der Waals surface area contributed by atoms with Crippen LogP contribution in [0.5, 0.6) is 5.75 Å². The first kappa shape index (κ1) is 24.9. The van der Waals surface area contributed by atoms with Crippen LogP contribution in [0.3, 0.4) is 0 Å². The molecule has 5 nitrogen and oxygen atoms in total. The van der Waals surface area contributed by atoms with Crippen LogP contribution in [-0.4, -0.2) is 35.9 Å². The Hall–Kier alpha value is -2.41. The van der Waals surface area contributed by atoms with E-state index < -0.39 is 6.04 Å². The smallest absolute Gasteiger partial charge is 0.261 e. The lowest BCUT2D eigenvalue weighted by atomic mass is 10.1. The molecule has 7 heteroatoms. The number of amides is 2. The van der Waals surface area contributed by atoms with Gasteiger partial charge in [0.2, 0.25) is 5.91 Å². The fraction of sp³-hybridized carbons (Fsp3) is 0.417. The van der Waals surface area contributed by atoms with Crippen LogP contribution < -0.4 is 10.1 Å². The highest BCUT2D eigenvalue weighted by atomic mass is 79.9. The van der Waals surface area contributed by atoms with Crippen LogP contribution >= 0.6 is 15.9 Å². The van der Waals surface area contributed by atoms with Crippen molar-refractivity contribution in [2.75, 3.05) is 13.2 Å². The van der Waals surface area contributed by atoms with Crippen molar-refractivity contribution in [2.24, 2.45) is 5.92 Å². The fourth-order valence-electron chi connectivity index (χ4n) is 3.04. The number of nitrogens with one attached hydrogen (secondary N) is 1. The molecule has 0 unspecified atom stereocenters. The third-order valence-corrected chi connectivity index (χ3v) is 6.14. The second-order valence-electron chi connectivity index (χ2n) is 8.12. The molecule has 0 saturated carbocycles. The van der Waals surface area contributed by atoms with Gasteiger partial charge in [0.1, 0.15) is 17.6 Å². The molecule has 0 aliphatic heterocycles. The van der Waals surface area contributed by atoms with Crippen LogP contribution in [0.1, 0.15) is 37.5 Å². The lowest BCUT2D eigenvalue weighted by Gasteiger charge is -2.29. The quantitative estimate of drug-likeness (QED) is 0.548. The number of nitrogens with zero attached hydrogens (tertiary/aromatic N) is 1. The largest absolute Gasteiger partial charge is 0.484 e. The van der Waals surface area contributed by atoms with E-state index in [1.54, 1.807) is 19.1 Å². The average Bonchev–Trinajstić information content (AvgIpc) is 2.73. The molecule has 0 aromatic heterocycles. The number of hydrogen-bond donors (Lipinski definition) is 1. The molecule has 0 aliphatic carbocycles. The summed E-state index contributed by atoms with van der Waals surface area (Å²) < 4.78 is 20.0. The van der Waals surface area contributed by atoms with Crippen LogP contribution in [0.15, 0.2) is 40.9 Å². The Morgan fingerprint density at radius 3 is 2.23 bits per heavy atom. The summed E-state index contributed by atoms with van der Waals surface area (Å²) in [4.78, 5) is 27.1. The molecule has 1 N–H and O–H groups in total. The number of ether oxygens (including phenoxy) is 1. The Kier molecular flexibility index (Phi) is 9.04. The SMILES string of the molecule is Cc1cc(OCC(=O)N(Cc2ccc(F)cc2)[C@@H](C)C(=O)NCC(C)C)cc(C)c1Br. The topological polar surface area (TPSA) is 58.6 Å². The average molecular weight is 493 g/mol. The van der Waals surface area contributed by atoms with Gasteiger partial charge in [-0.05, 0) is 67.6 Å². The fourth-order valence-corrected chi connectivity index (χ4v) is 3.27. The van der Waals surface area contributed by atoms with E-state index in [4.69, 9.17) is 4.74 Å². The summed E-state index contributed by atoms with van der Waals surface area (Å²) in [7, 11) is 0. The Morgan fingerprint density at radius 2 is 1.68 bits per heavy atom. The van der Waals surface area contributed by atoms with Crippen molar-refractivity contribution >= 4 is 27.7 Å². The van der Waals surface area contributed by atoms with Gasteiger partial charge >= 0.3 is 0 Å². The zero-order valence-corrected chi connectivity index (χ0v) is 20.3. The summed E-state index contributed by atoms with van der Waals surface area (Å²) >= 11 is 3.52. The standard InChI is InChI=1S/C24H30BrFN2O3/c1-15(2)12-27-24(30)18(5)28(13-19-6-8-20(26)9-7-19)22(29)14-31-21-10-16(3)23(25)17(4)11-21/h6-11,15,18H,12-14H2,1-5H3,(H,27,30)/t18-/m0/s1. The first-order chi connectivity index (χ1) is 14.6. The number of carbonyl (C=O) groups is 2. The van der Waals surface area contributed by atoms with Crippen LogP contribution in [0.4, 0.5) is 4.39 Å². The van der Waals surface area contributed by atoms with Gasteiger partial charge in [0.25, 0.3) is 5.91 Å². The normalized spacial score (nSPS) is 11.9. The van der Waals surface area contributed by atoms with Gasteiger partial charge in [0, 0.05) is 17.6 Å². The van der Waals surface area contributed by atoms with E-state index in [1.165, 1.54) is 17.0 Å². The summed E-state index contributed by atoms with van der Waals surface area (Å²) in [6.07, 6.45) is 0. The van der Waals surface area contributed by atoms with Crippen molar-refractivity contribution in [1.29, 1.82) is 0 Å². The maximum absolute atomic E-state index is 13.3. The van der Waals surface area contributed by atoms with E-state index in [2.05, 4.69) is 21.2 Å². The maximum atomic E-state index is 13.3. The van der Waals surface area contributed by atoms with Crippen molar-refractivity contribution in [3.8, 4) is 5.75 Å². The van der Waals surface area contributed by atoms with E-state index in [-0.39, 0.29) is 30.8 Å². The second kappa shape index (κ2) is 11.3. The molecule has 0 spiro atoms. The van der Waals surface area contributed by atoms with Crippen molar-refractivity contribution in [2.45, 2.75) is 47.2 Å². The lowest BCUT2D eigenvalue weighted by Crippen LogP contribution is -2.49. The van der Waals surface area contributed by atoms with E-state index in [0.29, 0.717) is 18.2 Å². The first-order valence-electron chi connectivity index (χ1n) is 10.3. The van der Waals surface area contributed by atoms with Gasteiger partial charge in [0.05, 0.1) is 0 Å². The summed E-state index contributed by atoms with van der Waals surface area (Å²) in [5.41, 5.74) is 2.74. The Bertz CT molecular complexity index is 893. The van der Waals surface area contributed by atoms with E-state index in [1.807, 2.05) is 39.8 Å². The molecular formula is C24H30BrFN2O3. The van der Waals surface area contributed by atoms with E-state index in [0.717, 1.165) is 21.2 Å². The third-order valence-electron chi connectivity index (χ3n) is 4.89. The summed E-state index contributed by atoms with van der Waals surface area (Å²) in [5, 5.41) is 2.87. The molecule has 1 atom stereocenters. The van der Waals surface area contributed by atoms with Crippen LogP contribution in [0.25, 0.3) is 0 Å². The highest BCUT2D eigenvalue weighted by molar-refractivity contribution is 9.10. The Labute approximate surface area is 192 Å². The van der Waals surface area contributed by atoms with Gasteiger partial charge in [-0.25, -0.2) is 4.39 Å². The predicted octanol–water partition coefficient (Wildman–Crippen LogP) is 4.77. The zero-order valence-electron chi connectivity index (χ0n) is 18.7. The molecule has 0 saturated heterocycles. The van der Waals surface area contributed by atoms with Crippen LogP contribution in [0, 0.1) is 25.6 Å². The number of rotatable bonds is 9. The molecule has 2 rings (SSSR count). The van der Waals surface area contributed by atoms with Gasteiger partial charge in [-0.3, -0.25) is 9.59 Å². The van der Waals surface area contributed by atoms with Gasteiger partial charge in [-0.2, -0.15) is 0 Å². The highest BCUT2D eigenvalue weighted by Gasteiger charge is 2.26. The highest BCUT2D eigenvalue weighted by Crippen LogP contribution is 2.26. The number of benzene rings is 2. The van der Waals surface area contributed by atoms with Gasteiger partial charge in [-0.1, -0.05) is 41.9 Å². The van der Waals surface area contributed by atoms with Crippen molar-refractivity contribution in [3.05, 3.63) is 63.4 Å². The molecule has 31 heavy (non-hydrogen) atoms. The molecule has 0 fully saturated rings. The number of carbonyl (C=O) groups excluding carboxylic acids is 2. The predicted molar refractivity (Wildman–Crippen MR) is 123 cm³/mol. The van der Waals surface area contributed by atoms with Gasteiger partial charge in [0.15, 0.2) is 6.61 Å². The molecule has 2 aromatic carbocycles. The Morgan fingerprint density at radius 1 is 1.10 bits per heavy atom. The number of halogens is 2. The van der Waals surface area contributed by atoms with E-state index >= 15 is 0 Å². The lowest BCUT2D eigenvalue weighted by molar-refractivity contribution is -0.142. The van der Waals surface area contributed by atoms with Crippen LogP contribution in [0.2, 0.25) is 0 Å². The summed E-state index contributed by atoms with van der Waals surface area (Å²) in [6.45, 7) is 10.1. The van der Waals surface area contributed by atoms with Crippen molar-refractivity contribution in [3.63, 3.8) is 0 Å². The minimum Gasteiger partial charge on any atom is -0.484 e. The van der Waals surface area contributed by atoms with Crippen molar-refractivity contribution < 1.29 is 18.7 Å². The maximum Gasteiger partial charge on any atom is 0.261 e. The number of aryl methyl sites for hydroxylation is 2. The molecule has 0 radical (unpaired) electrons. The van der Waals surface area contributed by atoms with Crippen LogP contribution in [-0.2, 0) is 16.1 Å². The zero-order chi connectivity index (χ0) is 23.1. The number of hydrogen-bond acceptors (Lipinski definition) is 3. The minimum absolute atomic E-state index is 0.178. The third kappa shape index (κ3) is 7.35. The molecule has 0 bridgehead atoms. The Balaban J connectivity index is 2.16. The summed E-state index contributed by atoms with van der Waals surface area (Å²) in [5.74, 6) is -0.0299. The molecule has 2 aromatic rings. The molecule has 0 heterocycles. The van der Waals surface area contributed by atoms with Gasteiger partial charge in [-0.15, -0.1) is 0 Å². The molecular weight excluding hydrogens is 463 g/mol. The van der Waals surface area contributed by atoms with E-state index in [9.17, 15) is 14.0 Å². The first-order valence-corrected chi connectivity index (χ1v) is 11.1. The second-order valence-corrected chi connectivity index (χ2v) is 8.92. The molecule has 168 valence electrons. The van der Waals surface area contributed by atoms with Gasteiger partial charge < -0.3 is 15.0 Å². The minimum atomic E-state index is -0.701. The summed E-state index contributed by atoms with van der Waals surface area (Å²) in [6, 6.07) is 8.90. The monoisotopic (exact) mass is 492 g/mol. The molecule has 0 aliphatic rings.